The van der Waals surface area contributed by atoms with Crippen LogP contribution in [0, 0.1) is 25.6 Å². The quantitative estimate of drug-likeness (QED) is 0.937. The van der Waals surface area contributed by atoms with Crippen molar-refractivity contribution in [2.75, 3.05) is 5.32 Å². The lowest BCUT2D eigenvalue weighted by molar-refractivity contribution is -0.118. The Morgan fingerprint density at radius 3 is 2.32 bits per heavy atom. The van der Waals surface area contributed by atoms with Crippen molar-refractivity contribution in [2.24, 2.45) is 5.92 Å². The van der Waals surface area contributed by atoms with Crippen LogP contribution in [0.4, 0.5) is 10.1 Å². The Kier molecular flexibility index (Phi) is 4.70. The van der Waals surface area contributed by atoms with Gasteiger partial charge in [-0.15, -0.1) is 0 Å². The van der Waals surface area contributed by atoms with E-state index < -0.39 is 5.82 Å². The van der Waals surface area contributed by atoms with Crippen LogP contribution in [-0.2, 0) is 4.79 Å². The number of benzene rings is 1. The summed E-state index contributed by atoms with van der Waals surface area (Å²) in [6, 6.07) is 6.08. The van der Waals surface area contributed by atoms with E-state index in [9.17, 15) is 9.18 Å². The zero-order valence-electron chi connectivity index (χ0n) is 13.0. The second-order valence-corrected chi connectivity index (χ2v) is 5.23. The molecule has 1 heterocycles. The third-order valence-corrected chi connectivity index (χ3v) is 3.06. The van der Waals surface area contributed by atoms with Crippen LogP contribution in [0.15, 0.2) is 24.3 Å². The van der Waals surface area contributed by atoms with Gasteiger partial charge in [-0.05, 0) is 26.0 Å². The van der Waals surface area contributed by atoms with E-state index in [1.54, 1.807) is 39.8 Å². The van der Waals surface area contributed by atoms with Gasteiger partial charge in [-0.25, -0.2) is 4.39 Å². The van der Waals surface area contributed by atoms with E-state index in [2.05, 4.69) is 15.3 Å². The molecule has 6 heteroatoms. The number of amides is 1. The van der Waals surface area contributed by atoms with Gasteiger partial charge < -0.3 is 10.1 Å². The van der Waals surface area contributed by atoms with E-state index in [0.29, 0.717) is 17.1 Å². The van der Waals surface area contributed by atoms with Gasteiger partial charge >= 0.3 is 6.01 Å². The maximum atomic E-state index is 13.6. The van der Waals surface area contributed by atoms with Gasteiger partial charge in [-0.2, -0.15) is 9.97 Å². The molecule has 1 N–H and O–H groups in total. The van der Waals surface area contributed by atoms with Crippen LogP contribution in [0.1, 0.15) is 25.2 Å². The van der Waals surface area contributed by atoms with Crippen LogP contribution < -0.4 is 10.1 Å². The van der Waals surface area contributed by atoms with Crippen molar-refractivity contribution < 1.29 is 13.9 Å². The van der Waals surface area contributed by atoms with Gasteiger partial charge in [-0.1, -0.05) is 26.0 Å². The molecule has 1 amide bonds. The minimum absolute atomic E-state index is 0.0441. The largest absolute Gasteiger partial charge is 0.421 e. The van der Waals surface area contributed by atoms with Crippen molar-refractivity contribution in [3.05, 3.63) is 41.5 Å². The number of rotatable bonds is 4. The molecule has 2 aromatic rings. The Hall–Kier alpha value is -2.50. The first-order chi connectivity index (χ1) is 10.4. The zero-order chi connectivity index (χ0) is 16.3. The number of carbonyl (C=O) groups is 1. The first-order valence-corrected chi connectivity index (χ1v) is 6.97. The molecule has 0 saturated heterocycles. The van der Waals surface area contributed by atoms with E-state index in [0.717, 1.165) is 0 Å². The van der Waals surface area contributed by atoms with Crippen LogP contribution in [0.3, 0.4) is 0 Å². The fraction of sp³-hybridized carbons (Fsp3) is 0.312. The van der Waals surface area contributed by atoms with Crippen molar-refractivity contribution in [3.8, 4) is 11.8 Å². The zero-order valence-corrected chi connectivity index (χ0v) is 13.0. The van der Waals surface area contributed by atoms with Crippen molar-refractivity contribution in [1.29, 1.82) is 0 Å². The summed E-state index contributed by atoms with van der Waals surface area (Å²) in [5.74, 6) is -0.690. The van der Waals surface area contributed by atoms with Crippen LogP contribution >= 0.6 is 0 Å². The van der Waals surface area contributed by atoms with Crippen molar-refractivity contribution in [2.45, 2.75) is 27.7 Å². The third kappa shape index (κ3) is 3.58. The summed E-state index contributed by atoms with van der Waals surface area (Å²) in [5.41, 5.74) is 1.68. The van der Waals surface area contributed by atoms with Crippen molar-refractivity contribution in [1.82, 2.24) is 9.97 Å². The molecule has 2 rings (SSSR count). The van der Waals surface area contributed by atoms with Gasteiger partial charge in [0.25, 0.3) is 0 Å². The highest BCUT2D eigenvalue weighted by Crippen LogP contribution is 2.25. The number of halogens is 1. The van der Waals surface area contributed by atoms with Gasteiger partial charge in [0.05, 0.1) is 17.1 Å². The predicted molar refractivity (Wildman–Crippen MR) is 81.4 cm³/mol. The number of ether oxygens (including phenoxy) is 1. The van der Waals surface area contributed by atoms with Gasteiger partial charge in [-0.3, -0.25) is 4.79 Å². The summed E-state index contributed by atoms with van der Waals surface area (Å²) in [6.07, 6.45) is 0. The molecule has 0 radical (unpaired) electrons. The van der Waals surface area contributed by atoms with Gasteiger partial charge in [0.15, 0.2) is 11.6 Å². The Bertz CT molecular complexity index is 679. The molecule has 0 spiro atoms. The molecule has 0 bridgehead atoms. The molecule has 116 valence electrons. The lowest BCUT2D eigenvalue weighted by Gasteiger charge is -2.13. The number of aromatic nitrogens is 2. The van der Waals surface area contributed by atoms with Crippen LogP contribution in [-0.4, -0.2) is 15.9 Å². The van der Waals surface area contributed by atoms with E-state index in [-0.39, 0.29) is 23.6 Å². The number of aryl methyl sites for hydroxylation is 2. The Labute approximate surface area is 128 Å². The Morgan fingerprint density at radius 2 is 1.77 bits per heavy atom. The van der Waals surface area contributed by atoms with Crippen LogP contribution in [0.2, 0.25) is 0 Å². The minimum Gasteiger partial charge on any atom is -0.421 e. The fourth-order valence-electron chi connectivity index (χ4n) is 1.81. The number of hydrogen-bond acceptors (Lipinski definition) is 4. The summed E-state index contributed by atoms with van der Waals surface area (Å²) in [7, 11) is 0. The normalized spacial score (nSPS) is 10.6. The first kappa shape index (κ1) is 15.9. The minimum atomic E-state index is -0.487. The van der Waals surface area contributed by atoms with E-state index in [1.165, 1.54) is 12.1 Å². The number of nitrogens with zero attached hydrogens (tertiary/aromatic N) is 2. The molecule has 0 aliphatic rings. The van der Waals surface area contributed by atoms with Gasteiger partial charge in [0.2, 0.25) is 5.91 Å². The second kappa shape index (κ2) is 6.51. The Morgan fingerprint density at radius 1 is 1.18 bits per heavy atom. The summed E-state index contributed by atoms with van der Waals surface area (Å²) < 4.78 is 18.9. The highest BCUT2D eigenvalue weighted by Gasteiger charge is 2.15. The molecule has 0 fully saturated rings. The van der Waals surface area contributed by atoms with Gasteiger partial charge in [0.1, 0.15) is 0 Å². The predicted octanol–water partition coefficient (Wildman–Crippen LogP) is 3.62. The Balaban J connectivity index is 2.26. The first-order valence-electron chi connectivity index (χ1n) is 6.97. The van der Waals surface area contributed by atoms with Gasteiger partial charge in [0, 0.05) is 5.92 Å². The molecule has 0 aliphatic carbocycles. The average Bonchev–Trinajstić information content (AvgIpc) is 2.45. The molecule has 22 heavy (non-hydrogen) atoms. The SMILES string of the molecule is Cc1nc(Oc2ccccc2F)nc(C)c1NC(=O)C(C)C. The fourth-order valence-corrected chi connectivity index (χ4v) is 1.81. The molecule has 0 atom stereocenters. The topological polar surface area (TPSA) is 64.1 Å². The number of hydrogen-bond donors (Lipinski definition) is 1. The number of para-hydroxylation sites is 1. The lowest BCUT2D eigenvalue weighted by atomic mass is 10.2. The molecule has 0 aliphatic heterocycles. The molecule has 0 unspecified atom stereocenters. The molecular weight excluding hydrogens is 285 g/mol. The number of nitrogens with one attached hydrogen (secondary N) is 1. The molecule has 5 nitrogen and oxygen atoms in total. The molecule has 0 saturated carbocycles. The number of anilines is 1. The van der Waals surface area contributed by atoms with E-state index in [4.69, 9.17) is 4.74 Å². The molecule has 1 aromatic heterocycles. The van der Waals surface area contributed by atoms with Crippen molar-refractivity contribution in [3.63, 3.8) is 0 Å². The maximum Gasteiger partial charge on any atom is 0.322 e. The molecular formula is C16H18FN3O2. The maximum absolute atomic E-state index is 13.6. The monoisotopic (exact) mass is 303 g/mol. The van der Waals surface area contributed by atoms with Crippen LogP contribution in [0.25, 0.3) is 0 Å². The average molecular weight is 303 g/mol. The summed E-state index contributed by atoms with van der Waals surface area (Å²) >= 11 is 0. The van der Waals surface area contributed by atoms with Crippen LogP contribution in [0.5, 0.6) is 11.8 Å². The van der Waals surface area contributed by atoms with Crippen molar-refractivity contribution >= 4 is 11.6 Å². The summed E-state index contributed by atoms with van der Waals surface area (Å²) in [5, 5.41) is 2.79. The lowest BCUT2D eigenvalue weighted by Crippen LogP contribution is -2.20. The van der Waals surface area contributed by atoms with E-state index in [1.807, 2.05) is 0 Å². The summed E-state index contributed by atoms with van der Waals surface area (Å²) in [6.45, 7) is 7.07. The van der Waals surface area contributed by atoms with E-state index >= 15 is 0 Å². The standard InChI is InChI=1S/C16H18FN3O2/c1-9(2)15(21)20-14-10(3)18-16(19-11(14)4)22-13-8-6-5-7-12(13)17/h5-9H,1-4H3,(H,20,21). The second-order valence-electron chi connectivity index (χ2n) is 5.23. The molecule has 1 aromatic carbocycles. The third-order valence-electron chi connectivity index (χ3n) is 3.06. The number of carbonyl (C=O) groups excluding carboxylic acids is 1. The summed E-state index contributed by atoms with van der Waals surface area (Å²) in [4.78, 5) is 20.1. The highest BCUT2D eigenvalue weighted by atomic mass is 19.1. The highest BCUT2D eigenvalue weighted by molar-refractivity contribution is 5.93. The smallest absolute Gasteiger partial charge is 0.322 e.